The Bertz CT molecular complexity index is 772. The number of carbonyl (C=O) groups is 3. The lowest BCUT2D eigenvalue weighted by Gasteiger charge is -2.37. The molecule has 0 N–H and O–H groups in total. The van der Waals surface area contributed by atoms with Crippen LogP contribution in [-0.2, 0) is 4.79 Å². The second-order valence-electron chi connectivity index (χ2n) is 7.56. The number of amides is 3. The standard InChI is InChI=1S/C20H22N2O3/c1-20(16-11-13-8-9-15(16)10-13)18(24)22(19(25)21(20)2)12-17(23)14-6-4-3-5-7-14/h3-9,13,15-16H,10-12H2,1-2H3/t13-,15+,16?,20?/m0/s1. The molecule has 1 heterocycles. The number of rotatable bonds is 4. The van der Waals surface area contributed by atoms with Gasteiger partial charge in [0, 0.05) is 12.6 Å². The molecule has 3 amide bonds. The van der Waals surface area contributed by atoms with Crippen LogP contribution in [0.25, 0.3) is 0 Å². The van der Waals surface area contributed by atoms with Crippen molar-refractivity contribution in [2.24, 2.45) is 17.8 Å². The number of hydrogen-bond donors (Lipinski definition) is 0. The molecule has 0 aromatic heterocycles. The van der Waals surface area contributed by atoms with Crippen molar-refractivity contribution in [1.29, 1.82) is 0 Å². The molecule has 130 valence electrons. The number of urea groups is 1. The minimum Gasteiger partial charge on any atom is -0.313 e. The third kappa shape index (κ3) is 2.25. The van der Waals surface area contributed by atoms with Crippen molar-refractivity contribution in [3.05, 3.63) is 48.0 Å². The summed E-state index contributed by atoms with van der Waals surface area (Å²) in [6.07, 6.45) is 6.41. The third-order valence-corrected chi connectivity index (χ3v) is 6.29. The summed E-state index contributed by atoms with van der Waals surface area (Å²) in [7, 11) is 1.68. The average Bonchev–Trinajstić information content (AvgIpc) is 3.31. The number of allylic oxidation sites excluding steroid dienone is 2. The van der Waals surface area contributed by atoms with Crippen LogP contribution in [0.1, 0.15) is 30.1 Å². The van der Waals surface area contributed by atoms with Crippen LogP contribution in [0, 0.1) is 17.8 Å². The topological polar surface area (TPSA) is 57.7 Å². The van der Waals surface area contributed by atoms with E-state index >= 15 is 0 Å². The van der Waals surface area contributed by atoms with Crippen LogP contribution in [-0.4, -0.2) is 46.7 Å². The van der Waals surface area contributed by atoms with E-state index in [1.54, 1.807) is 36.2 Å². The Morgan fingerprint density at radius 1 is 1.16 bits per heavy atom. The van der Waals surface area contributed by atoms with Gasteiger partial charge < -0.3 is 4.90 Å². The molecule has 2 aliphatic carbocycles. The number of carbonyl (C=O) groups excluding carboxylic acids is 3. The van der Waals surface area contributed by atoms with Gasteiger partial charge in [-0.3, -0.25) is 14.5 Å². The second-order valence-corrected chi connectivity index (χ2v) is 7.56. The zero-order valence-corrected chi connectivity index (χ0v) is 14.5. The van der Waals surface area contributed by atoms with Gasteiger partial charge in [-0.05, 0) is 37.5 Å². The number of fused-ring (bicyclic) bond motifs is 2. The first kappa shape index (κ1) is 16.1. The Hall–Kier alpha value is -2.43. The summed E-state index contributed by atoms with van der Waals surface area (Å²) in [5.74, 6) is 0.533. The third-order valence-electron chi connectivity index (χ3n) is 6.29. The Morgan fingerprint density at radius 2 is 1.88 bits per heavy atom. The zero-order chi connectivity index (χ0) is 17.8. The fourth-order valence-electron chi connectivity index (χ4n) is 4.72. The Balaban J connectivity index is 1.59. The highest BCUT2D eigenvalue weighted by molar-refractivity contribution is 6.11. The van der Waals surface area contributed by atoms with Crippen LogP contribution >= 0.6 is 0 Å². The maximum Gasteiger partial charge on any atom is 0.327 e. The van der Waals surface area contributed by atoms with Gasteiger partial charge in [-0.2, -0.15) is 0 Å². The normalized spacial score (nSPS) is 33.6. The van der Waals surface area contributed by atoms with Crippen molar-refractivity contribution in [1.82, 2.24) is 9.80 Å². The molecule has 2 unspecified atom stereocenters. The van der Waals surface area contributed by atoms with E-state index in [0.717, 1.165) is 17.7 Å². The molecule has 1 saturated carbocycles. The van der Waals surface area contributed by atoms with Crippen LogP contribution in [0.3, 0.4) is 0 Å². The molecule has 5 nitrogen and oxygen atoms in total. The van der Waals surface area contributed by atoms with Crippen LogP contribution in [0.4, 0.5) is 4.79 Å². The van der Waals surface area contributed by atoms with E-state index in [1.807, 2.05) is 13.0 Å². The molecule has 2 fully saturated rings. The number of imide groups is 1. The quantitative estimate of drug-likeness (QED) is 0.482. The summed E-state index contributed by atoms with van der Waals surface area (Å²) in [4.78, 5) is 41.0. The highest BCUT2D eigenvalue weighted by atomic mass is 16.2. The summed E-state index contributed by atoms with van der Waals surface area (Å²) < 4.78 is 0. The monoisotopic (exact) mass is 338 g/mol. The summed E-state index contributed by atoms with van der Waals surface area (Å²) in [6, 6.07) is 8.42. The highest BCUT2D eigenvalue weighted by Gasteiger charge is 2.60. The maximum atomic E-state index is 13.2. The fraction of sp³-hybridized carbons (Fsp3) is 0.450. The van der Waals surface area contributed by atoms with E-state index in [9.17, 15) is 14.4 Å². The summed E-state index contributed by atoms with van der Waals surface area (Å²) in [6.45, 7) is 1.66. The van der Waals surface area contributed by atoms with Crippen LogP contribution in [0.5, 0.6) is 0 Å². The Kier molecular flexibility index (Phi) is 3.56. The van der Waals surface area contributed by atoms with E-state index in [0.29, 0.717) is 17.4 Å². The number of Topliss-reactive ketones (excluding diaryl/α,β-unsaturated/α-hetero) is 1. The van der Waals surface area contributed by atoms with Crippen molar-refractivity contribution in [2.45, 2.75) is 25.3 Å². The van der Waals surface area contributed by atoms with Gasteiger partial charge in [-0.15, -0.1) is 0 Å². The first-order valence-electron chi connectivity index (χ1n) is 8.79. The Morgan fingerprint density at radius 3 is 2.48 bits per heavy atom. The van der Waals surface area contributed by atoms with Gasteiger partial charge in [0.2, 0.25) is 0 Å². The van der Waals surface area contributed by atoms with E-state index < -0.39 is 5.54 Å². The van der Waals surface area contributed by atoms with Gasteiger partial charge in [0.25, 0.3) is 5.91 Å². The first-order chi connectivity index (χ1) is 11.9. The average molecular weight is 338 g/mol. The van der Waals surface area contributed by atoms with E-state index in [-0.39, 0.29) is 30.2 Å². The second kappa shape index (κ2) is 5.55. The molecule has 25 heavy (non-hydrogen) atoms. The minimum absolute atomic E-state index is 0.126. The summed E-state index contributed by atoms with van der Waals surface area (Å²) >= 11 is 0. The zero-order valence-electron chi connectivity index (χ0n) is 14.5. The minimum atomic E-state index is -0.863. The molecule has 0 spiro atoms. The Labute approximate surface area is 147 Å². The van der Waals surface area contributed by atoms with Crippen molar-refractivity contribution in [3.63, 3.8) is 0 Å². The molecule has 4 rings (SSSR count). The van der Waals surface area contributed by atoms with Gasteiger partial charge in [0.15, 0.2) is 5.78 Å². The maximum absolute atomic E-state index is 13.2. The predicted octanol–water partition coefficient (Wildman–Crippen LogP) is 2.73. The smallest absolute Gasteiger partial charge is 0.313 e. The van der Waals surface area contributed by atoms with E-state index in [2.05, 4.69) is 12.2 Å². The molecule has 3 aliphatic rings. The molecule has 1 aromatic rings. The number of hydrogen-bond acceptors (Lipinski definition) is 3. The number of likely N-dealkylation sites (N-methyl/N-ethyl adjacent to an activating group) is 1. The lowest BCUT2D eigenvalue weighted by atomic mass is 9.76. The number of benzene rings is 1. The van der Waals surface area contributed by atoms with Crippen molar-refractivity contribution >= 4 is 17.7 Å². The van der Waals surface area contributed by atoms with E-state index in [1.165, 1.54) is 0 Å². The van der Waals surface area contributed by atoms with Crippen molar-refractivity contribution < 1.29 is 14.4 Å². The molecule has 1 saturated heterocycles. The van der Waals surface area contributed by atoms with Gasteiger partial charge >= 0.3 is 6.03 Å². The molecule has 1 aromatic carbocycles. The molecule has 0 radical (unpaired) electrons. The molecule has 5 heteroatoms. The van der Waals surface area contributed by atoms with Crippen molar-refractivity contribution in [2.75, 3.05) is 13.6 Å². The predicted molar refractivity (Wildman–Crippen MR) is 92.9 cm³/mol. The molecule has 4 atom stereocenters. The largest absolute Gasteiger partial charge is 0.327 e. The molecular formula is C20H22N2O3. The summed E-state index contributed by atoms with van der Waals surface area (Å²) in [5, 5.41) is 0. The van der Waals surface area contributed by atoms with Crippen LogP contribution in [0.2, 0.25) is 0 Å². The number of ketones is 1. The lowest BCUT2D eigenvalue weighted by molar-refractivity contribution is -0.135. The van der Waals surface area contributed by atoms with Gasteiger partial charge in [0.05, 0.1) is 6.54 Å². The van der Waals surface area contributed by atoms with Gasteiger partial charge in [0.1, 0.15) is 5.54 Å². The van der Waals surface area contributed by atoms with Crippen LogP contribution < -0.4 is 0 Å². The number of nitrogens with zero attached hydrogens (tertiary/aromatic N) is 2. The highest BCUT2D eigenvalue weighted by Crippen LogP contribution is 2.51. The molecular weight excluding hydrogens is 316 g/mol. The summed E-state index contributed by atoms with van der Waals surface area (Å²) in [5.41, 5.74) is -0.347. The molecule has 1 aliphatic heterocycles. The fourth-order valence-corrected chi connectivity index (χ4v) is 4.72. The lowest BCUT2D eigenvalue weighted by Crippen LogP contribution is -2.52. The van der Waals surface area contributed by atoms with Gasteiger partial charge in [-0.1, -0.05) is 42.5 Å². The molecule has 2 bridgehead atoms. The van der Waals surface area contributed by atoms with Gasteiger partial charge in [-0.25, -0.2) is 4.79 Å². The SMILES string of the molecule is CN1C(=O)N(CC(=O)c2ccccc2)C(=O)C1(C)C1C[C@H]2C=C[C@@H]1C2. The first-order valence-corrected chi connectivity index (χ1v) is 8.79. The van der Waals surface area contributed by atoms with Crippen molar-refractivity contribution in [3.8, 4) is 0 Å². The van der Waals surface area contributed by atoms with Crippen LogP contribution in [0.15, 0.2) is 42.5 Å². The van der Waals surface area contributed by atoms with E-state index in [4.69, 9.17) is 0 Å².